The average Bonchev–Trinajstić information content (AvgIpc) is 2.69. The Morgan fingerprint density at radius 1 is 1.63 bits per heavy atom. The third kappa shape index (κ3) is 2.66. The Bertz CT molecular complexity index is 464. The Labute approximate surface area is 114 Å². The van der Waals surface area contributed by atoms with Crippen LogP contribution in [0.25, 0.3) is 0 Å². The number of hydrogen-bond donors (Lipinski definition) is 2. The van der Waals surface area contributed by atoms with Gasteiger partial charge in [0.15, 0.2) is 0 Å². The zero-order chi connectivity index (χ0) is 14.0. The van der Waals surface area contributed by atoms with Gasteiger partial charge in [0.2, 0.25) is 5.91 Å². The monoisotopic (exact) mass is 264 g/mol. The summed E-state index contributed by atoms with van der Waals surface area (Å²) in [4.78, 5) is 11.9. The fourth-order valence-electron chi connectivity index (χ4n) is 3.28. The van der Waals surface area contributed by atoms with E-state index in [2.05, 4.69) is 28.1 Å². The molecule has 1 amide bonds. The number of primary amides is 1. The predicted octanol–water partition coefficient (Wildman–Crippen LogP) is 1.45. The number of amides is 1. The van der Waals surface area contributed by atoms with Crippen molar-refractivity contribution in [2.75, 3.05) is 6.54 Å². The first-order valence-electron chi connectivity index (χ1n) is 7.06. The van der Waals surface area contributed by atoms with Crippen molar-refractivity contribution in [2.24, 2.45) is 5.73 Å². The van der Waals surface area contributed by atoms with Crippen molar-refractivity contribution in [1.82, 2.24) is 15.1 Å². The second kappa shape index (κ2) is 5.33. The van der Waals surface area contributed by atoms with Crippen molar-refractivity contribution in [3.05, 3.63) is 17.5 Å². The van der Waals surface area contributed by atoms with Crippen LogP contribution in [-0.4, -0.2) is 27.8 Å². The van der Waals surface area contributed by atoms with Crippen LogP contribution in [0.5, 0.6) is 0 Å². The molecule has 1 fully saturated rings. The Morgan fingerprint density at radius 2 is 2.37 bits per heavy atom. The molecule has 19 heavy (non-hydrogen) atoms. The molecule has 1 aliphatic rings. The van der Waals surface area contributed by atoms with Gasteiger partial charge in [-0.1, -0.05) is 6.92 Å². The lowest BCUT2D eigenvalue weighted by molar-refractivity contribution is -0.126. The number of nitrogens with one attached hydrogen (secondary N) is 1. The Morgan fingerprint density at radius 3 is 2.89 bits per heavy atom. The molecule has 106 valence electrons. The Hall–Kier alpha value is -1.36. The van der Waals surface area contributed by atoms with E-state index < -0.39 is 5.54 Å². The van der Waals surface area contributed by atoms with E-state index in [9.17, 15) is 4.79 Å². The molecule has 1 aliphatic carbocycles. The number of nitrogens with two attached hydrogens (primary N) is 1. The molecule has 2 atom stereocenters. The van der Waals surface area contributed by atoms with Crippen LogP contribution >= 0.6 is 0 Å². The Kier molecular flexibility index (Phi) is 3.94. The van der Waals surface area contributed by atoms with Gasteiger partial charge in [-0.2, -0.15) is 5.10 Å². The molecule has 0 aromatic carbocycles. The maximum absolute atomic E-state index is 11.9. The first kappa shape index (κ1) is 14.1. The molecule has 1 aromatic rings. The van der Waals surface area contributed by atoms with Crippen LogP contribution in [0.3, 0.4) is 0 Å². The van der Waals surface area contributed by atoms with E-state index in [0.29, 0.717) is 0 Å². The second-order valence-electron chi connectivity index (χ2n) is 5.60. The van der Waals surface area contributed by atoms with Crippen LogP contribution in [-0.2, 0) is 4.79 Å². The minimum Gasteiger partial charge on any atom is -0.368 e. The summed E-state index contributed by atoms with van der Waals surface area (Å²) in [5.41, 5.74) is 7.25. The SMILES string of the molecule is CCNC1(C(N)=O)CCCC(n2nc(C)cc2C)C1. The van der Waals surface area contributed by atoms with Crippen molar-refractivity contribution >= 4 is 5.91 Å². The molecular weight excluding hydrogens is 240 g/mol. The van der Waals surface area contributed by atoms with Gasteiger partial charge in [-0.25, -0.2) is 0 Å². The van der Waals surface area contributed by atoms with Crippen LogP contribution in [0, 0.1) is 13.8 Å². The first-order valence-corrected chi connectivity index (χ1v) is 7.06. The molecule has 0 radical (unpaired) electrons. The topological polar surface area (TPSA) is 72.9 Å². The van der Waals surface area contributed by atoms with Gasteiger partial charge in [-0.15, -0.1) is 0 Å². The van der Waals surface area contributed by atoms with E-state index in [1.807, 2.05) is 13.8 Å². The zero-order valence-electron chi connectivity index (χ0n) is 12.1. The van der Waals surface area contributed by atoms with E-state index in [4.69, 9.17) is 5.73 Å². The number of nitrogens with zero attached hydrogens (tertiary/aromatic N) is 2. The van der Waals surface area contributed by atoms with Crippen molar-refractivity contribution in [1.29, 1.82) is 0 Å². The molecule has 0 spiro atoms. The lowest BCUT2D eigenvalue weighted by Gasteiger charge is -2.39. The van der Waals surface area contributed by atoms with Crippen molar-refractivity contribution in [3.63, 3.8) is 0 Å². The van der Waals surface area contributed by atoms with E-state index in [1.54, 1.807) is 0 Å². The average molecular weight is 264 g/mol. The summed E-state index contributed by atoms with van der Waals surface area (Å²) < 4.78 is 2.06. The minimum atomic E-state index is -0.566. The van der Waals surface area contributed by atoms with Gasteiger partial charge >= 0.3 is 0 Å². The van der Waals surface area contributed by atoms with Gasteiger partial charge in [0.05, 0.1) is 17.3 Å². The summed E-state index contributed by atoms with van der Waals surface area (Å²) in [6.07, 6.45) is 3.62. The van der Waals surface area contributed by atoms with Crippen LogP contribution in [0.4, 0.5) is 0 Å². The van der Waals surface area contributed by atoms with Crippen molar-refractivity contribution < 1.29 is 4.79 Å². The van der Waals surface area contributed by atoms with Gasteiger partial charge in [-0.05, 0) is 52.1 Å². The smallest absolute Gasteiger partial charge is 0.237 e. The quantitative estimate of drug-likeness (QED) is 0.864. The van der Waals surface area contributed by atoms with E-state index in [1.165, 1.54) is 0 Å². The largest absolute Gasteiger partial charge is 0.368 e. The first-order chi connectivity index (χ1) is 8.98. The summed E-state index contributed by atoms with van der Waals surface area (Å²) in [5.74, 6) is -0.236. The van der Waals surface area contributed by atoms with E-state index in [0.717, 1.165) is 43.6 Å². The van der Waals surface area contributed by atoms with Gasteiger partial charge in [0, 0.05) is 5.69 Å². The highest BCUT2D eigenvalue weighted by Crippen LogP contribution is 2.35. The molecule has 1 saturated carbocycles. The van der Waals surface area contributed by atoms with Crippen molar-refractivity contribution in [2.45, 2.75) is 58.0 Å². The number of carbonyl (C=O) groups excluding carboxylic acids is 1. The van der Waals surface area contributed by atoms with Crippen molar-refractivity contribution in [3.8, 4) is 0 Å². The number of carbonyl (C=O) groups is 1. The number of rotatable bonds is 4. The van der Waals surface area contributed by atoms with Gasteiger partial charge < -0.3 is 11.1 Å². The molecule has 1 aromatic heterocycles. The maximum Gasteiger partial charge on any atom is 0.237 e. The molecular formula is C14H24N4O. The number of likely N-dealkylation sites (N-methyl/N-ethyl adjacent to an activating group) is 1. The zero-order valence-corrected chi connectivity index (χ0v) is 12.1. The predicted molar refractivity (Wildman–Crippen MR) is 74.8 cm³/mol. The van der Waals surface area contributed by atoms with Crippen LogP contribution < -0.4 is 11.1 Å². The fraction of sp³-hybridized carbons (Fsp3) is 0.714. The third-order valence-corrected chi connectivity index (χ3v) is 4.10. The normalized spacial score (nSPS) is 27.4. The third-order valence-electron chi connectivity index (χ3n) is 4.10. The molecule has 1 heterocycles. The van der Waals surface area contributed by atoms with E-state index >= 15 is 0 Å². The van der Waals surface area contributed by atoms with Crippen LogP contribution in [0.1, 0.15) is 50.0 Å². The van der Waals surface area contributed by atoms with Gasteiger partial charge in [-0.3, -0.25) is 9.48 Å². The summed E-state index contributed by atoms with van der Waals surface area (Å²) in [6, 6.07) is 2.34. The standard InChI is InChI=1S/C14H24N4O/c1-4-16-14(13(15)19)7-5-6-12(9-14)18-11(3)8-10(2)17-18/h8,12,16H,4-7,9H2,1-3H3,(H2,15,19). The van der Waals surface area contributed by atoms with E-state index in [-0.39, 0.29) is 11.9 Å². The lowest BCUT2D eigenvalue weighted by Crippen LogP contribution is -2.58. The number of aromatic nitrogens is 2. The second-order valence-corrected chi connectivity index (χ2v) is 5.60. The molecule has 5 nitrogen and oxygen atoms in total. The minimum absolute atomic E-state index is 0.236. The number of aryl methyl sites for hydroxylation is 2. The number of hydrogen-bond acceptors (Lipinski definition) is 3. The fourth-order valence-corrected chi connectivity index (χ4v) is 3.28. The molecule has 0 bridgehead atoms. The molecule has 0 aliphatic heterocycles. The molecule has 0 saturated heterocycles. The highest BCUT2D eigenvalue weighted by Gasteiger charge is 2.41. The molecule has 5 heteroatoms. The lowest BCUT2D eigenvalue weighted by atomic mass is 9.78. The highest BCUT2D eigenvalue weighted by atomic mass is 16.1. The van der Waals surface area contributed by atoms with Gasteiger partial charge in [0.1, 0.15) is 0 Å². The summed E-state index contributed by atoms with van der Waals surface area (Å²) in [7, 11) is 0. The summed E-state index contributed by atoms with van der Waals surface area (Å²) >= 11 is 0. The summed E-state index contributed by atoms with van der Waals surface area (Å²) in [6.45, 7) is 6.83. The van der Waals surface area contributed by atoms with Gasteiger partial charge in [0.25, 0.3) is 0 Å². The Balaban J connectivity index is 2.25. The molecule has 3 N–H and O–H groups in total. The molecule has 2 unspecified atom stereocenters. The maximum atomic E-state index is 11.9. The summed E-state index contributed by atoms with van der Waals surface area (Å²) in [5, 5.41) is 7.86. The van der Waals surface area contributed by atoms with Crippen LogP contribution in [0.15, 0.2) is 6.07 Å². The highest BCUT2D eigenvalue weighted by molar-refractivity contribution is 5.84. The molecule has 2 rings (SSSR count). The van der Waals surface area contributed by atoms with Crippen LogP contribution in [0.2, 0.25) is 0 Å².